The number of benzene rings is 2. The first-order valence-electron chi connectivity index (χ1n) is 7.65. The predicted octanol–water partition coefficient (Wildman–Crippen LogP) is 4.23. The Balaban J connectivity index is 2.24. The van der Waals surface area contributed by atoms with Gasteiger partial charge in [-0.1, -0.05) is 12.1 Å². The summed E-state index contributed by atoms with van der Waals surface area (Å²) >= 11 is 0. The fourth-order valence-electron chi connectivity index (χ4n) is 2.15. The van der Waals surface area contributed by atoms with Gasteiger partial charge in [-0.15, -0.1) is 26.3 Å². The Morgan fingerprint density at radius 1 is 0.621 bits per heavy atom. The summed E-state index contributed by atoms with van der Waals surface area (Å²) in [5, 5.41) is 0. The first kappa shape index (κ1) is 22.2. The Morgan fingerprint density at radius 2 is 0.966 bits per heavy atom. The molecule has 0 atom stereocenters. The van der Waals surface area contributed by atoms with Crippen LogP contribution < -0.4 is 28.3 Å². The van der Waals surface area contributed by atoms with Crippen molar-refractivity contribution in [1.82, 2.24) is 0 Å². The highest BCUT2D eigenvalue weighted by Gasteiger charge is 2.34. The molecule has 0 N–H and O–H groups in total. The summed E-state index contributed by atoms with van der Waals surface area (Å²) in [4.78, 5) is 0. The van der Waals surface area contributed by atoms with Crippen molar-refractivity contribution >= 4 is 7.69 Å². The van der Waals surface area contributed by atoms with Crippen molar-refractivity contribution in [3.8, 4) is 34.5 Å². The van der Waals surface area contributed by atoms with E-state index in [9.17, 15) is 26.3 Å². The van der Waals surface area contributed by atoms with Crippen LogP contribution in [0.5, 0.6) is 34.5 Å². The largest absolute Gasteiger partial charge is 0.576 e. The maximum absolute atomic E-state index is 12.6. The summed E-state index contributed by atoms with van der Waals surface area (Å²) in [7, 11) is 1.54. The number of para-hydroxylation sites is 2. The maximum Gasteiger partial charge on any atom is 0.576 e. The molecule has 0 bridgehead atoms. The zero-order valence-corrected chi connectivity index (χ0v) is 14.9. The Labute approximate surface area is 161 Å². The third-order valence-corrected chi connectivity index (χ3v) is 3.18. The van der Waals surface area contributed by atoms with Gasteiger partial charge in [-0.2, -0.15) is 0 Å². The number of rotatable bonds is 8. The zero-order chi connectivity index (χ0) is 21.7. The van der Waals surface area contributed by atoms with Gasteiger partial charge in [0, 0.05) is 0 Å². The van der Waals surface area contributed by atoms with E-state index in [1.807, 2.05) is 0 Å². The molecule has 0 spiro atoms. The molecule has 0 heterocycles. The van der Waals surface area contributed by atoms with Crippen LogP contribution in [0.4, 0.5) is 26.3 Å². The minimum atomic E-state index is -5.01. The second-order valence-electron chi connectivity index (χ2n) is 5.08. The quantitative estimate of drug-likeness (QED) is 0.466. The van der Waals surface area contributed by atoms with Gasteiger partial charge in [0.05, 0.1) is 14.2 Å². The molecule has 0 amide bonds. The van der Waals surface area contributed by atoms with Crippen LogP contribution in [0.3, 0.4) is 0 Å². The molecule has 0 fully saturated rings. The molecule has 13 heteroatoms. The van der Waals surface area contributed by atoms with E-state index in [0.717, 1.165) is 12.1 Å². The van der Waals surface area contributed by atoms with Crippen LogP contribution in [0.25, 0.3) is 0 Å². The van der Waals surface area contributed by atoms with E-state index in [2.05, 4.69) is 9.47 Å². The Morgan fingerprint density at radius 3 is 1.28 bits per heavy atom. The molecule has 158 valence electrons. The molecule has 2 aromatic rings. The summed E-state index contributed by atoms with van der Waals surface area (Å²) in [6, 6.07) is 6.96. The van der Waals surface area contributed by atoms with Gasteiger partial charge in [0.1, 0.15) is 0 Å². The number of hydrogen-bond donors (Lipinski definition) is 0. The molecular formula is C16H13BF6O6. The second kappa shape index (κ2) is 8.92. The van der Waals surface area contributed by atoms with Crippen LogP contribution in [0.2, 0.25) is 0 Å². The van der Waals surface area contributed by atoms with Gasteiger partial charge < -0.3 is 28.3 Å². The molecule has 0 aromatic heterocycles. The number of alkyl halides is 6. The number of hydrogen-bond acceptors (Lipinski definition) is 6. The first-order valence-corrected chi connectivity index (χ1v) is 7.65. The topological polar surface area (TPSA) is 55.4 Å². The standard InChI is InChI=1S/C16H13BF6O6/c1-24-9-5-3-7-11(26-15(18,19)20)13(9)28-17-29-14-10(25-2)6-4-8-12(14)27-16(21,22)23/h3-8,17H,1-2H3. The average molecular weight is 426 g/mol. The van der Waals surface area contributed by atoms with Crippen LogP contribution in [0.1, 0.15) is 0 Å². The Kier molecular flexibility index (Phi) is 6.82. The molecule has 0 radical (unpaired) electrons. The molecule has 6 nitrogen and oxygen atoms in total. The third kappa shape index (κ3) is 6.47. The summed E-state index contributed by atoms with van der Waals surface area (Å²) in [6.07, 6.45) is -10.0. The van der Waals surface area contributed by atoms with Gasteiger partial charge in [0.25, 0.3) is 0 Å². The van der Waals surface area contributed by atoms with E-state index < -0.39 is 43.4 Å². The molecule has 0 aliphatic heterocycles. The van der Waals surface area contributed by atoms with E-state index in [-0.39, 0.29) is 11.5 Å². The van der Waals surface area contributed by atoms with Crippen LogP contribution in [0, 0.1) is 0 Å². The predicted molar refractivity (Wildman–Crippen MR) is 87.8 cm³/mol. The highest BCUT2D eigenvalue weighted by molar-refractivity contribution is 6.21. The van der Waals surface area contributed by atoms with Gasteiger partial charge in [0.2, 0.25) is 0 Å². The van der Waals surface area contributed by atoms with Crippen LogP contribution in [-0.4, -0.2) is 34.6 Å². The van der Waals surface area contributed by atoms with Crippen LogP contribution in [0.15, 0.2) is 36.4 Å². The lowest BCUT2D eigenvalue weighted by atomic mass is 10.2. The number of methoxy groups -OCH3 is 2. The fraction of sp³-hybridized carbons (Fsp3) is 0.250. The molecule has 2 rings (SSSR count). The molecule has 0 aliphatic rings. The first-order chi connectivity index (χ1) is 13.5. The molecule has 0 unspecified atom stereocenters. The molecular weight excluding hydrogens is 413 g/mol. The molecule has 29 heavy (non-hydrogen) atoms. The monoisotopic (exact) mass is 426 g/mol. The number of ether oxygens (including phenoxy) is 4. The minimum absolute atomic E-state index is 0.123. The lowest BCUT2D eigenvalue weighted by Gasteiger charge is -2.18. The molecule has 2 aromatic carbocycles. The van der Waals surface area contributed by atoms with E-state index in [1.54, 1.807) is 0 Å². The van der Waals surface area contributed by atoms with Crippen molar-refractivity contribution in [2.24, 2.45) is 0 Å². The highest BCUT2D eigenvalue weighted by atomic mass is 19.4. The minimum Gasteiger partial charge on any atom is -0.523 e. The van der Waals surface area contributed by atoms with Crippen molar-refractivity contribution in [3.63, 3.8) is 0 Å². The lowest BCUT2D eigenvalue weighted by Crippen LogP contribution is -2.20. The highest BCUT2D eigenvalue weighted by Crippen LogP contribution is 2.41. The Hall–Kier alpha value is -3.12. The van der Waals surface area contributed by atoms with Gasteiger partial charge in [0.15, 0.2) is 34.5 Å². The summed E-state index contributed by atoms with van der Waals surface area (Å²) < 4.78 is 103. The normalized spacial score (nSPS) is 11.4. The van der Waals surface area contributed by atoms with Crippen LogP contribution >= 0.6 is 0 Å². The third-order valence-electron chi connectivity index (χ3n) is 3.18. The number of halogens is 6. The summed E-state index contributed by atoms with van der Waals surface area (Å²) in [5.74, 6) is -2.65. The second-order valence-corrected chi connectivity index (χ2v) is 5.08. The maximum atomic E-state index is 12.6. The van der Waals surface area contributed by atoms with E-state index in [4.69, 9.17) is 18.8 Å². The zero-order valence-electron chi connectivity index (χ0n) is 14.9. The molecule has 0 saturated heterocycles. The fourth-order valence-corrected chi connectivity index (χ4v) is 2.15. The SMILES string of the molecule is COc1cccc(OC(F)(F)F)c1OBOc1c(OC)cccc1OC(F)(F)F. The van der Waals surface area contributed by atoms with Crippen molar-refractivity contribution in [3.05, 3.63) is 36.4 Å². The lowest BCUT2D eigenvalue weighted by molar-refractivity contribution is -0.275. The smallest absolute Gasteiger partial charge is 0.523 e. The van der Waals surface area contributed by atoms with E-state index in [0.29, 0.717) is 0 Å². The van der Waals surface area contributed by atoms with Gasteiger partial charge in [-0.25, -0.2) is 0 Å². The molecule has 0 aliphatic carbocycles. The van der Waals surface area contributed by atoms with Crippen molar-refractivity contribution in [2.45, 2.75) is 12.7 Å². The molecule has 0 saturated carbocycles. The Bertz CT molecular complexity index is 759. The van der Waals surface area contributed by atoms with E-state index in [1.165, 1.54) is 38.5 Å². The van der Waals surface area contributed by atoms with Gasteiger partial charge in [-0.3, -0.25) is 0 Å². The van der Waals surface area contributed by atoms with Crippen molar-refractivity contribution < 1.29 is 54.6 Å². The van der Waals surface area contributed by atoms with E-state index >= 15 is 0 Å². The van der Waals surface area contributed by atoms with Gasteiger partial charge >= 0.3 is 20.4 Å². The van der Waals surface area contributed by atoms with Crippen molar-refractivity contribution in [1.29, 1.82) is 0 Å². The van der Waals surface area contributed by atoms with Crippen LogP contribution in [-0.2, 0) is 0 Å². The van der Waals surface area contributed by atoms with Crippen molar-refractivity contribution in [2.75, 3.05) is 14.2 Å². The summed E-state index contributed by atoms with van der Waals surface area (Å²) in [5.41, 5.74) is 0. The summed E-state index contributed by atoms with van der Waals surface area (Å²) in [6.45, 7) is 0. The van der Waals surface area contributed by atoms with Gasteiger partial charge in [-0.05, 0) is 24.3 Å². The average Bonchev–Trinajstić information content (AvgIpc) is 2.61.